The maximum Gasteiger partial charge on any atom is 0.254 e. The molecule has 2 saturated heterocycles. The molecule has 1 aliphatic carbocycles. The maximum absolute atomic E-state index is 13.8. The number of hydrogen-bond acceptors (Lipinski definition) is 5. The first-order valence-electron chi connectivity index (χ1n) is 16.2. The van der Waals surface area contributed by atoms with Gasteiger partial charge < -0.3 is 25.2 Å². The molecule has 3 atom stereocenters. The van der Waals surface area contributed by atoms with Crippen molar-refractivity contribution in [2.45, 2.75) is 65.8 Å². The molecule has 0 spiro atoms. The molecular weight excluding hydrogens is 556 g/mol. The number of benzene rings is 2. The van der Waals surface area contributed by atoms with Crippen LogP contribution in [-0.4, -0.2) is 74.0 Å². The van der Waals surface area contributed by atoms with Crippen molar-refractivity contribution < 1.29 is 23.9 Å². The number of carbonyl (C=O) groups excluding carboxylic acids is 4. The van der Waals surface area contributed by atoms with Crippen LogP contribution in [0.3, 0.4) is 0 Å². The second-order valence-corrected chi connectivity index (χ2v) is 12.7. The Hall–Kier alpha value is -3.72. The fraction of sp³-hybridized carbons (Fsp3) is 0.543. The Balaban J connectivity index is 1.46. The summed E-state index contributed by atoms with van der Waals surface area (Å²) in [6, 6.07) is 11.4. The molecule has 3 fully saturated rings. The Morgan fingerprint density at radius 3 is 2.34 bits per heavy atom. The summed E-state index contributed by atoms with van der Waals surface area (Å²) in [6.45, 7) is 10.9. The fourth-order valence-corrected chi connectivity index (χ4v) is 6.96. The first-order chi connectivity index (χ1) is 21.2. The van der Waals surface area contributed by atoms with Gasteiger partial charge in [-0.1, -0.05) is 31.9 Å². The van der Waals surface area contributed by atoms with E-state index in [9.17, 15) is 19.2 Å². The molecule has 44 heavy (non-hydrogen) atoms. The number of ether oxygens (including phenoxy) is 1. The monoisotopic (exact) mass is 602 g/mol. The molecule has 0 bridgehead atoms. The Morgan fingerprint density at radius 2 is 1.70 bits per heavy atom. The summed E-state index contributed by atoms with van der Waals surface area (Å²) in [6.07, 6.45) is 4.76. The molecule has 1 saturated carbocycles. The van der Waals surface area contributed by atoms with Crippen molar-refractivity contribution in [2.75, 3.05) is 44.3 Å². The number of piperidine rings is 1. The number of morpholine rings is 1. The molecule has 4 amide bonds. The summed E-state index contributed by atoms with van der Waals surface area (Å²) < 4.78 is 5.38. The van der Waals surface area contributed by atoms with Crippen molar-refractivity contribution in [1.82, 2.24) is 15.5 Å². The van der Waals surface area contributed by atoms with Crippen molar-refractivity contribution in [2.24, 2.45) is 17.8 Å². The molecule has 9 nitrogen and oxygen atoms in total. The van der Waals surface area contributed by atoms with E-state index < -0.39 is 0 Å². The predicted molar refractivity (Wildman–Crippen MR) is 171 cm³/mol. The number of hydrogen-bond donors (Lipinski definition) is 2. The molecule has 9 heteroatoms. The number of anilines is 1. The average molecular weight is 603 g/mol. The van der Waals surface area contributed by atoms with E-state index >= 15 is 0 Å². The number of nitrogens with one attached hydrogen (secondary N) is 2. The van der Waals surface area contributed by atoms with Crippen molar-refractivity contribution >= 4 is 29.3 Å². The van der Waals surface area contributed by atoms with Gasteiger partial charge in [0.1, 0.15) is 0 Å². The highest BCUT2D eigenvalue weighted by Gasteiger charge is 2.33. The number of nitrogens with zero attached hydrogens (tertiary/aromatic N) is 2. The van der Waals surface area contributed by atoms with Crippen LogP contribution in [0.15, 0.2) is 36.4 Å². The Kier molecular flexibility index (Phi) is 10.0. The highest BCUT2D eigenvalue weighted by atomic mass is 16.5. The third-order valence-electron chi connectivity index (χ3n) is 9.59. The molecule has 2 aromatic rings. The summed E-state index contributed by atoms with van der Waals surface area (Å²) in [5.74, 6) is -0.383. The fourth-order valence-electron chi connectivity index (χ4n) is 6.96. The van der Waals surface area contributed by atoms with Crippen molar-refractivity contribution in [3.63, 3.8) is 0 Å². The molecule has 3 aliphatic rings. The van der Waals surface area contributed by atoms with Gasteiger partial charge in [-0.2, -0.15) is 0 Å². The first-order valence-corrected chi connectivity index (χ1v) is 16.2. The van der Waals surface area contributed by atoms with Crippen LogP contribution in [0.1, 0.15) is 79.2 Å². The quantitative estimate of drug-likeness (QED) is 0.461. The van der Waals surface area contributed by atoms with E-state index in [0.717, 1.165) is 54.5 Å². The molecule has 236 valence electrons. The average Bonchev–Trinajstić information content (AvgIpc) is 3.57. The molecule has 3 unspecified atom stereocenters. The van der Waals surface area contributed by atoms with E-state index in [1.54, 1.807) is 4.90 Å². The Labute approximate surface area is 260 Å². The molecule has 5 rings (SSSR count). The van der Waals surface area contributed by atoms with E-state index in [1.807, 2.05) is 62.1 Å². The minimum absolute atomic E-state index is 0.00513. The van der Waals surface area contributed by atoms with E-state index in [2.05, 4.69) is 17.6 Å². The second kappa shape index (κ2) is 13.9. The van der Waals surface area contributed by atoms with Gasteiger partial charge in [0.25, 0.3) is 11.8 Å². The number of amides is 4. The van der Waals surface area contributed by atoms with E-state index in [0.29, 0.717) is 44.0 Å². The third kappa shape index (κ3) is 6.83. The Morgan fingerprint density at radius 1 is 1.02 bits per heavy atom. The van der Waals surface area contributed by atoms with Crippen LogP contribution in [0.4, 0.5) is 5.69 Å². The highest BCUT2D eigenvalue weighted by Crippen LogP contribution is 2.35. The van der Waals surface area contributed by atoms with Gasteiger partial charge in [0.15, 0.2) is 0 Å². The SMILES string of the molecule is CCN(C(=O)C1CCCC1)c1cc(-c2ccc(C(=O)N3CCOCC3)cc2)cc(C(=O)NCC2C(=O)NC(C)CC2C)c1C. The lowest BCUT2D eigenvalue weighted by Gasteiger charge is -2.32. The van der Waals surface area contributed by atoms with Crippen LogP contribution in [-0.2, 0) is 14.3 Å². The molecule has 0 aromatic heterocycles. The second-order valence-electron chi connectivity index (χ2n) is 12.7. The van der Waals surface area contributed by atoms with E-state index in [-0.39, 0.29) is 54.0 Å². The van der Waals surface area contributed by atoms with E-state index in [4.69, 9.17) is 4.74 Å². The highest BCUT2D eigenvalue weighted by molar-refractivity contribution is 6.03. The van der Waals surface area contributed by atoms with Gasteiger partial charge >= 0.3 is 0 Å². The molecule has 2 aliphatic heterocycles. The van der Waals surface area contributed by atoms with Gasteiger partial charge in [0.05, 0.1) is 19.1 Å². The standard InChI is InChI=1S/C35H46N4O5/c1-5-39(35(43)26-8-6-7-9-26)31-20-28(25-10-12-27(13-11-25)34(42)38-14-16-44-17-15-38)19-29(24(31)4)32(40)36-21-30-22(2)18-23(3)37-33(30)41/h10-13,19-20,22-23,26,30H,5-9,14-18,21H2,1-4H3,(H,36,40)(H,37,41). The van der Waals surface area contributed by atoms with Gasteiger partial charge in [-0.15, -0.1) is 0 Å². The zero-order chi connectivity index (χ0) is 31.4. The van der Waals surface area contributed by atoms with Crippen LogP contribution < -0.4 is 15.5 Å². The largest absolute Gasteiger partial charge is 0.378 e. The van der Waals surface area contributed by atoms with Crippen LogP contribution >= 0.6 is 0 Å². The molecular formula is C35H46N4O5. The molecule has 2 heterocycles. The summed E-state index contributed by atoms with van der Waals surface area (Å²) in [5.41, 5.74) is 4.16. The van der Waals surface area contributed by atoms with Crippen molar-refractivity contribution in [3.8, 4) is 11.1 Å². The first kappa shape index (κ1) is 31.7. The van der Waals surface area contributed by atoms with Crippen LogP contribution in [0, 0.1) is 24.7 Å². The van der Waals surface area contributed by atoms with Crippen molar-refractivity contribution in [3.05, 3.63) is 53.1 Å². The summed E-state index contributed by atoms with van der Waals surface area (Å²) >= 11 is 0. The summed E-state index contributed by atoms with van der Waals surface area (Å²) in [7, 11) is 0. The minimum Gasteiger partial charge on any atom is -0.378 e. The normalized spacial score (nSPS) is 22.4. The molecule has 0 radical (unpaired) electrons. The zero-order valence-electron chi connectivity index (χ0n) is 26.5. The predicted octanol–water partition coefficient (Wildman–Crippen LogP) is 4.57. The summed E-state index contributed by atoms with van der Waals surface area (Å²) in [5, 5.41) is 6.03. The lowest BCUT2D eigenvalue weighted by molar-refractivity contribution is -0.129. The lowest BCUT2D eigenvalue weighted by atomic mass is 9.84. The van der Waals surface area contributed by atoms with Crippen LogP contribution in [0.2, 0.25) is 0 Å². The molecule has 2 N–H and O–H groups in total. The van der Waals surface area contributed by atoms with Gasteiger partial charge in [-0.3, -0.25) is 19.2 Å². The minimum atomic E-state index is -0.300. The van der Waals surface area contributed by atoms with Gasteiger partial charge in [0.2, 0.25) is 11.8 Å². The number of carbonyl (C=O) groups is 4. The number of rotatable bonds is 8. The van der Waals surface area contributed by atoms with Gasteiger partial charge in [-0.25, -0.2) is 0 Å². The topological polar surface area (TPSA) is 108 Å². The van der Waals surface area contributed by atoms with Crippen molar-refractivity contribution in [1.29, 1.82) is 0 Å². The smallest absolute Gasteiger partial charge is 0.254 e. The van der Waals surface area contributed by atoms with Gasteiger partial charge in [0, 0.05) is 55.0 Å². The zero-order valence-corrected chi connectivity index (χ0v) is 26.5. The van der Waals surface area contributed by atoms with E-state index in [1.165, 1.54) is 0 Å². The molecule has 2 aromatic carbocycles. The van der Waals surface area contributed by atoms with Crippen LogP contribution in [0.5, 0.6) is 0 Å². The van der Waals surface area contributed by atoms with Crippen LogP contribution in [0.25, 0.3) is 11.1 Å². The lowest BCUT2D eigenvalue weighted by Crippen LogP contribution is -2.50. The van der Waals surface area contributed by atoms with Gasteiger partial charge in [-0.05, 0) is 86.9 Å². The summed E-state index contributed by atoms with van der Waals surface area (Å²) in [4.78, 5) is 56.8. The maximum atomic E-state index is 13.8. The third-order valence-corrected chi connectivity index (χ3v) is 9.59. The Bertz CT molecular complexity index is 1380.